The molecule has 5 atom stereocenters. The highest BCUT2D eigenvalue weighted by atomic mass is 35.5. The number of benzene rings is 2. The Morgan fingerprint density at radius 2 is 1.91 bits per heavy atom. The second kappa shape index (κ2) is 10.2. The molecular weight excluding hydrogens is 449 g/mol. The Kier molecular flexibility index (Phi) is 7.86. The van der Waals surface area contributed by atoms with Crippen molar-refractivity contribution in [1.29, 1.82) is 0 Å². The van der Waals surface area contributed by atoms with E-state index in [0.29, 0.717) is 22.9 Å². The normalized spacial score (nSPS) is 25.1. The lowest BCUT2D eigenvalue weighted by Crippen LogP contribution is -2.56. The number of carboxylic acids is 1. The Bertz CT molecular complexity index is 965. The number of halogens is 2. The first-order valence-electron chi connectivity index (χ1n) is 10.7. The van der Waals surface area contributed by atoms with Gasteiger partial charge < -0.3 is 15.2 Å². The fraction of sp³-hybridized carbons (Fsp3) is 0.440. The summed E-state index contributed by atoms with van der Waals surface area (Å²) in [5.74, 6) is -1.23. The van der Waals surface area contributed by atoms with E-state index in [0.717, 1.165) is 11.1 Å². The molecule has 1 heterocycles. The van der Waals surface area contributed by atoms with Crippen LogP contribution in [0, 0.1) is 11.3 Å². The Labute approximate surface area is 199 Å². The standard InChI is InChI=1S/C25H29Cl2NO4/c1-15(11-21(32-3)16-7-9-18(26)10-8-16)23-20(17-5-4-6-19(27)12-17)13-25(2,14-22(29)30)24(31)28-23/h4-10,12,15,20-21,23H,11,13-14H2,1-3H3,(H,28,31)(H,29,30)/t15?,20-,21+,23+,25+/m1/s1. The van der Waals surface area contributed by atoms with E-state index >= 15 is 0 Å². The van der Waals surface area contributed by atoms with E-state index < -0.39 is 11.4 Å². The molecule has 1 fully saturated rings. The largest absolute Gasteiger partial charge is 0.481 e. The first-order chi connectivity index (χ1) is 15.1. The third-order valence-corrected chi connectivity index (χ3v) is 6.98. The van der Waals surface area contributed by atoms with E-state index in [9.17, 15) is 14.7 Å². The average Bonchev–Trinajstić information content (AvgIpc) is 2.73. The van der Waals surface area contributed by atoms with Gasteiger partial charge in [0.1, 0.15) is 0 Å². The zero-order valence-corrected chi connectivity index (χ0v) is 20.0. The van der Waals surface area contributed by atoms with Crippen molar-refractivity contribution in [3.63, 3.8) is 0 Å². The van der Waals surface area contributed by atoms with Gasteiger partial charge in [0.25, 0.3) is 0 Å². The minimum absolute atomic E-state index is 0.0536. The van der Waals surface area contributed by atoms with Crippen LogP contribution in [-0.2, 0) is 14.3 Å². The van der Waals surface area contributed by atoms with Crippen molar-refractivity contribution in [2.24, 2.45) is 11.3 Å². The van der Waals surface area contributed by atoms with E-state index in [1.54, 1.807) is 14.0 Å². The van der Waals surface area contributed by atoms with Crippen LogP contribution in [0.2, 0.25) is 10.0 Å². The van der Waals surface area contributed by atoms with Crippen molar-refractivity contribution in [2.75, 3.05) is 7.11 Å². The van der Waals surface area contributed by atoms with Gasteiger partial charge in [0.05, 0.1) is 17.9 Å². The summed E-state index contributed by atoms with van der Waals surface area (Å²) in [4.78, 5) is 24.5. The smallest absolute Gasteiger partial charge is 0.304 e. The van der Waals surface area contributed by atoms with Gasteiger partial charge in [-0.2, -0.15) is 0 Å². The topological polar surface area (TPSA) is 75.6 Å². The monoisotopic (exact) mass is 477 g/mol. The zero-order chi connectivity index (χ0) is 23.5. The van der Waals surface area contributed by atoms with E-state index in [-0.39, 0.29) is 36.3 Å². The van der Waals surface area contributed by atoms with Crippen LogP contribution in [-0.4, -0.2) is 30.1 Å². The predicted molar refractivity (Wildman–Crippen MR) is 126 cm³/mol. The third kappa shape index (κ3) is 5.64. The number of carboxylic acid groups (broad SMARTS) is 1. The molecule has 1 aliphatic rings. The number of ether oxygens (including phenoxy) is 1. The fourth-order valence-electron chi connectivity index (χ4n) is 4.75. The van der Waals surface area contributed by atoms with Crippen LogP contribution in [0.3, 0.4) is 0 Å². The average molecular weight is 478 g/mol. The van der Waals surface area contributed by atoms with Crippen molar-refractivity contribution >= 4 is 35.1 Å². The highest BCUT2D eigenvalue weighted by Crippen LogP contribution is 2.44. The van der Waals surface area contributed by atoms with Gasteiger partial charge in [0.15, 0.2) is 0 Å². The minimum atomic E-state index is -0.994. The first-order valence-corrected chi connectivity index (χ1v) is 11.4. The highest BCUT2D eigenvalue weighted by molar-refractivity contribution is 6.30. The molecule has 2 aromatic carbocycles. The maximum atomic E-state index is 13.0. The second-order valence-corrected chi connectivity index (χ2v) is 9.86. The molecule has 5 nitrogen and oxygen atoms in total. The molecule has 0 bridgehead atoms. The summed E-state index contributed by atoms with van der Waals surface area (Å²) in [5, 5.41) is 13.8. The van der Waals surface area contributed by atoms with Gasteiger partial charge in [0.2, 0.25) is 5.91 Å². The Morgan fingerprint density at radius 3 is 2.50 bits per heavy atom. The van der Waals surface area contributed by atoms with Crippen LogP contribution < -0.4 is 5.32 Å². The lowest BCUT2D eigenvalue weighted by molar-refractivity contribution is -0.147. The maximum absolute atomic E-state index is 13.0. The van der Waals surface area contributed by atoms with E-state index in [2.05, 4.69) is 12.2 Å². The van der Waals surface area contributed by atoms with Crippen molar-refractivity contribution in [2.45, 2.75) is 51.2 Å². The molecule has 2 N–H and O–H groups in total. The lowest BCUT2D eigenvalue weighted by Gasteiger charge is -2.45. The summed E-state index contributed by atoms with van der Waals surface area (Å²) in [6.07, 6.45) is 0.726. The van der Waals surface area contributed by atoms with Crippen LogP contribution >= 0.6 is 23.2 Å². The number of hydrogen-bond donors (Lipinski definition) is 2. The molecule has 0 spiro atoms. The molecule has 2 aromatic rings. The summed E-state index contributed by atoms with van der Waals surface area (Å²) in [6.45, 7) is 3.81. The number of piperidine rings is 1. The summed E-state index contributed by atoms with van der Waals surface area (Å²) < 4.78 is 5.76. The molecular formula is C25H29Cl2NO4. The molecule has 1 saturated heterocycles. The van der Waals surface area contributed by atoms with E-state index in [1.807, 2.05) is 48.5 Å². The van der Waals surface area contributed by atoms with Gasteiger partial charge in [0, 0.05) is 29.1 Å². The summed E-state index contributed by atoms with van der Waals surface area (Å²) in [7, 11) is 1.67. The molecule has 7 heteroatoms. The molecule has 32 heavy (non-hydrogen) atoms. The number of methoxy groups -OCH3 is 1. The number of nitrogens with one attached hydrogen (secondary N) is 1. The lowest BCUT2D eigenvalue weighted by atomic mass is 9.67. The van der Waals surface area contributed by atoms with Gasteiger partial charge >= 0.3 is 5.97 Å². The SMILES string of the molecule is CO[C@@H](CC(C)[C@@H]1NC(=O)[C@](C)(CC(=O)O)C[C@@H]1c1cccc(Cl)c1)c1ccc(Cl)cc1. The summed E-state index contributed by atoms with van der Waals surface area (Å²) >= 11 is 12.3. The molecule has 0 aliphatic carbocycles. The minimum Gasteiger partial charge on any atom is -0.481 e. The van der Waals surface area contributed by atoms with E-state index in [4.69, 9.17) is 27.9 Å². The zero-order valence-electron chi connectivity index (χ0n) is 18.5. The number of hydrogen-bond acceptors (Lipinski definition) is 3. The Balaban J connectivity index is 1.89. The number of carbonyl (C=O) groups excluding carboxylic acids is 1. The van der Waals surface area contributed by atoms with Gasteiger partial charge in [-0.15, -0.1) is 0 Å². The quantitative estimate of drug-likeness (QED) is 0.498. The van der Waals surface area contributed by atoms with Crippen molar-refractivity contribution in [3.05, 3.63) is 69.7 Å². The highest BCUT2D eigenvalue weighted by Gasteiger charge is 2.47. The molecule has 172 valence electrons. The van der Waals surface area contributed by atoms with Crippen LogP contribution in [0.4, 0.5) is 0 Å². The fourth-order valence-corrected chi connectivity index (χ4v) is 5.07. The van der Waals surface area contributed by atoms with Gasteiger partial charge in [-0.1, -0.05) is 61.3 Å². The van der Waals surface area contributed by atoms with Gasteiger partial charge in [-0.05, 0) is 54.2 Å². The number of aliphatic carboxylic acids is 1. The molecule has 0 aromatic heterocycles. The number of amides is 1. The van der Waals surface area contributed by atoms with Crippen molar-refractivity contribution in [3.8, 4) is 0 Å². The van der Waals surface area contributed by atoms with Crippen LogP contribution in [0.25, 0.3) is 0 Å². The van der Waals surface area contributed by atoms with Crippen LogP contribution in [0.1, 0.15) is 56.3 Å². The first kappa shape index (κ1) is 24.6. The molecule has 3 rings (SSSR count). The molecule has 1 aliphatic heterocycles. The summed E-state index contributed by atoms with van der Waals surface area (Å²) in [6, 6.07) is 15.0. The predicted octanol–water partition coefficient (Wildman–Crippen LogP) is 5.86. The summed E-state index contributed by atoms with van der Waals surface area (Å²) in [5.41, 5.74) is 1.01. The van der Waals surface area contributed by atoms with E-state index in [1.165, 1.54) is 0 Å². The van der Waals surface area contributed by atoms with Gasteiger partial charge in [-0.3, -0.25) is 9.59 Å². The van der Waals surface area contributed by atoms with Crippen molar-refractivity contribution < 1.29 is 19.4 Å². The second-order valence-electron chi connectivity index (χ2n) is 8.98. The molecule has 0 radical (unpaired) electrons. The van der Waals surface area contributed by atoms with Crippen LogP contribution in [0.15, 0.2) is 48.5 Å². The molecule has 1 unspecified atom stereocenters. The van der Waals surface area contributed by atoms with Crippen molar-refractivity contribution in [1.82, 2.24) is 5.32 Å². The third-order valence-electron chi connectivity index (χ3n) is 6.49. The molecule has 1 amide bonds. The van der Waals surface area contributed by atoms with Crippen LogP contribution in [0.5, 0.6) is 0 Å². The Hall–Kier alpha value is -2.08. The van der Waals surface area contributed by atoms with Gasteiger partial charge in [-0.25, -0.2) is 0 Å². The Morgan fingerprint density at radius 1 is 1.22 bits per heavy atom. The number of rotatable bonds is 8. The number of carbonyl (C=O) groups is 2. The maximum Gasteiger partial charge on any atom is 0.304 e. The molecule has 0 saturated carbocycles.